The van der Waals surface area contributed by atoms with Gasteiger partial charge in [-0.05, 0) is 31.2 Å². The molecule has 214 valence electrons. The van der Waals surface area contributed by atoms with Crippen LogP contribution in [0.4, 0.5) is 24.8 Å². The number of aliphatic hydroxyl groups excluding tert-OH is 2. The Balaban J connectivity index is 1.68. The first-order valence-corrected chi connectivity index (χ1v) is 12.7. The van der Waals surface area contributed by atoms with Crippen LogP contribution in [0.1, 0.15) is 30.9 Å². The number of benzene rings is 2. The van der Waals surface area contributed by atoms with Crippen LogP contribution in [0.2, 0.25) is 0 Å². The minimum absolute atomic E-state index is 0.150. The van der Waals surface area contributed by atoms with Crippen molar-refractivity contribution in [2.24, 2.45) is 0 Å². The van der Waals surface area contributed by atoms with Crippen molar-refractivity contribution in [3.05, 3.63) is 90.3 Å². The molecule has 2 heterocycles. The third kappa shape index (κ3) is 7.99. The number of alkyl halides is 3. The van der Waals surface area contributed by atoms with Crippen molar-refractivity contribution < 1.29 is 32.9 Å². The summed E-state index contributed by atoms with van der Waals surface area (Å²) in [6.45, 7) is 1.82. The summed E-state index contributed by atoms with van der Waals surface area (Å²) in [5.41, 5.74) is 0.792. The van der Waals surface area contributed by atoms with Crippen molar-refractivity contribution in [3.8, 4) is 17.1 Å². The van der Waals surface area contributed by atoms with Crippen molar-refractivity contribution in [2.75, 3.05) is 11.9 Å². The molecule has 12 heteroatoms. The highest BCUT2D eigenvalue weighted by Crippen LogP contribution is 2.34. The molecule has 4 rings (SSSR count). The minimum atomic E-state index is -4.57. The lowest BCUT2D eigenvalue weighted by atomic mass is 10.0. The van der Waals surface area contributed by atoms with Crippen LogP contribution >= 0.6 is 0 Å². The van der Waals surface area contributed by atoms with Crippen molar-refractivity contribution in [2.45, 2.75) is 38.1 Å². The summed E-state index contributed by atoms with van der Waals surface area (Å²) in [5.74, 6) is -0.0477. The molecule has 9 nitrogen and oxygen atoms in total. The number of anilines is 2. The van der Waals surface area contributed by atoms with E-state index in [-0.39, 0.29) is 42.5 Å². The Morgan fingerprint density at radius 1 is 1.12 bits per heavy atom. The first kappa shape index (κ1) is 29.4. The average Bonchev–Trinajstić information content (AvgIpc) is 3.36. The largest absolute Gasteiger partial charge is 0.466 e. The molecule has 0 aliphatic carbocycles. The Hall–Kier alpha value is -4.55. The van der Waals surface area contributed by atoms with Gasteiger partial charge >= 0.3 is 12.1 Å². The molecular formula is C29H28F3N5O4. The fourth-order valence-corrected chi connectivity index (χ4v) is 4.03. The molecule has 41 heavy (non-hydrogen) atoms. The van der Waals surface area contributed by atoms with Gasteiger partial charge < -0.3 is 20.3 Å². The lowest BCUT2D eigenvalue weighted by Crippen LogP contribution is -2.20. The summed E-state index contributed by atoms with van der Waals surface area (Å²) in [6.07, 6.45) is -1.50. The van der Waals surface area contributed by atoms with E-state index in [2.05, 4.69) is 20.4 Å². The smallest absolute Gasteiger partial charge is 0.416 e. The van der Waals surface area contributed by atoms with Crippen LogP contribution in [0, 0.1) is 0 Å². The number of hydrogen-bond donors (Lipinski definition) is 3. The van der Waals surface area contributed by atoms with Crippen LogP contribution in [0.5, 0.6) is 0 Å². The van der Waals surface area contributed by atoms with Crippen molar-refractivity contribution in [1.82, 2.24) is 19.7 Å². The first-order valence-electron chi connectivity index (χ1n) is 12.7. The van der Waals surface area contributed by atoms with Gasteiger partial charge in [0.25, 0.3) is 0 Å². The fraction of sp³-hybridized carbons (Fsp3) is 0.241. The summed E-state index contributed by atoms with van der Waals surface area (Å²) in [7, 11) is 0. The Labute approximate surface area is 234 Å². The van der Waals surface area contributed by atoms with Gasteiger partial charge in [-0.25, -0.2) is 9.67 Å². The van der Waals surface area contributed by atoms with E-state index in [1.54, 1.807) is 13.0 Å². The lowest BCUT2D eigenvalue weighted by Gasteiger charge is -2.13. The number of carbonyl (C=O) groups is 1. The standard InChI is InChI=1S/C29H28F3N5O4/c1-2-41-26(40)17-24(39)16-23(38)12-11-20-18-34-37(27(20)19-7-6-8-21(15-19)29(30,31)32)25-13-14-33-28(36-25)35-22-9-4-3-5-10-22/h3-15,18,23-24,38-39H,2,16-17H2,1H3,(H,33,35,36)/b12-11+. The second-order valence-corrected chi connectivity index (χ2v) is 8.99. The van der Waals surface area contributed by atoms with Gasteiger partial charge in [0.1, 0.15) is 0 Å². The predicted molar refractivity (Wildman–Crippen MR) is 146 cm³/mol. The number of para-hydroxylation sites is 1. The van der Waals surface area contributed by atoms with Crippen molar-refractivity contribution in [3.63, 3.8) is 0 Å². The van der Waals surface area contributed by atoms with E-state index < -0.39 is 29.9 Å². The molecule has 0 fully saturated rings. The molecule has 0 saturated heterocycles. The quantitative estimate of drug-likeness (QED) is 0.212. The molecule has 0 spiro atoms. The molecule has 0 aliphatic heterocycles. The van der Waals surface area contributed by atoms with Gasteiger partial charge in [0.15, 0.2) is 5.82 Å². The molecule has 0 radical (unpaired) electrons. The molecule has 2 unspecified atom stereocenters. The van der Waals surface area contributed by atoms with Gasteiger partial charge in [-0.2, -0.15) is 23.3 Å². The Bertz CT molecular complexity index is 1490. The minimum Gasteiger partial charge on any atom is -0.466 e. The maximum absolute atomic E-state index is 13.6. The maximum atomic E-state index is 13.6. The number of nitrogens with zero attached hydrogens (tertiary/aromatic N) is 4. The van der Waals surface area contributed by atoms with E-state index >= 15 is 0 Å². The summed E-state index contributed by atoms with van der Waals surface area (Å²) >= 11 is 0. The monoisotopic (exact) mass is 567 g/mol. The number of carbonyl (C=O) groups excluding carboxylic acids is 1. The zero-order valence-electron chi connectivity index (χ0n) is 22.0. The summed E-state index contributed by atoms with van der Waals surface area (Å²) in [4.78, 5) is 20.3. The van der Waals surface area contributed by atoms with E-state index in [0.717, 1.165) is 17.8 Å². The van der Waals surface area contributed by atoms with Gasteiger partial charge in [0.05, 0.1) is 42.7 Å². The van der Waals surface area contributed by atoms with Crippen LogP contribution < -0.4 is 5.32 Å². The molecule has 0 bridgehead atoms. The molecule has 3 N–H and O–H groups in total. The van der Waals surface area contributed by atoms with Gasteiger partial charge in [0.2, 0.25) is 5.95 Å². The molecule has 0 saturated carbocycles. The van der Waals surface area contributed by atoms with Crippen LogP contribution in [-0.4, -0.2) is 54.7 Å². The van der Waals surface area contributed by atoms with E-state index in [9.17, 15) is 28.2 Å². The summed E-state index contributed by atoms with van der Waals surface area (Å²) in [6, 6.07) is 15.6. The summed E-state index contributed by atoms with van der Waals surface area (Å²) < 4.78 is 46.8. The second-order valence-electron chi connectivity index (χ2n) is 8.99. The van der Waals surface area contributed by atoms with Crippen LogP contribution in [-0.2, 0) is 15.7 Å². The molecule has 0 amide bonds. The number of hydrogen-bond acceptors (Lipinski definition) is 8. The number of aromatic nitrogens is 4. The lowest BCUT2D eigenvalue weighted by molar-refractivity contribution is -0.145. The SMILES string of the molecule is CCOC(=O)CC(O)CC(O)/C=C/c1cnn(-c2ccnc(Nc3ccccc3)n2)c1-c1cccc(C(F)(F)F)c1. The zero-order chi connectivity index (χ0) is 29.4. The number of esters is 1. The molecule has 2 aromatic heterocycles. The normalized spacial score (nSPS) is 13.2. The number of rotatable bonds is 11. The highest BCUT2D eigenvalue weighted by molar-refractivity contribution is 5.74. The van der Waals surface area contributed by atoms with E-state index in [1.165, 1.54) is 41.4 Å². The Morgan fingerprint density at radius 2 is 1.90 bits per heavy atom. The third-order valence-electron chi connectivity index (χ3n) is 5.87. The van der Waals surface area contributed by atoms with E-state index in [4.69, 9.17) is 4.74 Å². The van der Waals surface area contributed by atoms with Crippen LogP contribution in [0.15, 0.2) is 79.1 Å². The molecule has 2 atom stereocenters. The maximum Gasteiger partial charge on any atom is 0.416 e. The average molecular weight is 568 g/mol. The molecule has 0 aliphatic rings. The highest BCUT2D eigenvalue weighted by Gasteiger charge is 2.31. The number of halogens is 3. The number of aliphatic hydroxyl groups is 2. The fourth-order valence-electron chi connectivity index (χ4n) is 4.03. The van der Waals surface area contributed by atoms with Crippen LogP contribution in [0.25, 0.3) is 23.2 Å². The van der Waals surface area contributed by atoms with Gasteiger partial charge in [-0.15, -0.1) is 0 Å². The molecule has 4 aromatic rings. The second kappa shape index (κ2) is 13.2. The predicted octanol–water partition coefficient (Wildman–Crippen LogP) is 5.17. The van der Waals surface area contributed by atoms with Gasteiger partial charge in [0, 0.05) is 35.5 Å². The number of nitrogens with one attached hydrogen (secondary N) is 1. The zero-order valence-corrected chi connectivity index (χ0v) is 22.0. The topological polar surface area (TPSA) is 122 Å². The van der Waals surface area contributed by atoms with E-state index in [0.29, 0.717) is 5.56 Å². The van der Waals surface area contributed by atoms with Crippen LogP contribution in [0.3, 0.4) is 0 Å². The van der Waals surface area contributed by atoms with Gasteiger partial charge in [-0.3, -0.25) is 4.79 Å². The molecular weight excluding hydrogens is 539 g/mol. The Kier molecular flexibility index (Phi) is 9.48. The van der Waals surface area contributed by atoms with E-state index in [1.807, 2.05) is 30.3 Å². The summed E-state index contributed by atoms with van der Waals surface area (Å²) in [5, 5.41) is 28.0. The first-order chi connectivity index (χ1) is 19.6. The Morgan fingerprint density at radius 3 is 2.63 bits per heavy atom. The third-order valence-corrected chi connectivity index (χ3v) is 5.87. The van der Waals surface area contributed by atoms with Crippen molar-refractivity contribution in [1.29, 1.82) is 0 Å². The van der Waals surface area contributed by atoms with Gasteiger partial charge in [-0.1, -0.05) is 42.5 Å². The highest BCUT2D eigenvalue weighted by atomic mass is 19.4. The number of ether oxygens (including phenoxy) is 1. The molecule has 2 aromatic carbocycles. The van der Waals surface area contributed by atoms with Crippen molar-refractivity contribution >= 4 is 23.7 Å².